The molecule has 0 amide bonds. The van der Waals surface area contributed by atoms with Gasteiger partial charge in [-0.15, -0.1) is 0 Å². The first-order valence-electron chi connectivity index (χ1n) is 3.97. The van der Waals surface area contributed by atoms with Crippen molar-refractivity contribution in [3.63, 3.8) is 0 Å². The van der Waals surface area contributed by atoms with Crippen LogP contribution in [-0.4, -0.2) is 19.0 Å². The third-order valence-electron chi connectivity index (χ3n) is 2.73. The summed E-state index contributed by atoms with van der Waals surface area (Å²) in [5.74, 6) is 0.156. The minimum absolute atomic E-state index is 0.156. The monoisotopic (exact) mass is 231 g/mol. The van der Waals surface area contributed by atoms with Gasteiger partial charge in [-0.2, -0.15) is 0 Å². The summed E-state index contributed by atoms with van der Waals surface area (Å²) in [6.45, 7) is 1.29. The number of ether oxygens (including phenoxy) is 1. The van der Waals surface area contributed by atoms with Gasteiger partial charge in [0.1, 0.15) is 0 Å². The zero-order valence-electron chi connectivity index (χ0n) is 6.60. The highest BCUT2D eigenvalue weighted by atomic mass is 79.9. The molecule has 0 saturated carbocycles. The van der Waals surface area contributed by atoms with Crippen LogP contribution >= 0.6 is 15.9 Å². The van der Waals surface area contributed by atoms with Gasteiger partial charge in [0.15, 0.2) is 5.78 Å². The van der Waals surface area contributed by atoms with Crippen molar-refractivity contribution < 1.29 is 9.53 Å². The summed E-state index contributed by atoms with van der Waals surface area (Å²) in [4.78, 5) is 11.5. The first-order chi connectivity index (χ1) is 5.68. The van der Waals surface area contributed by atoms with Gasteiger partial charge in [0.2, 0.25) is 0 Å². The number of carbonyl (C=O) groups excluding carboxylic acids is 1. The fourth-order valence-electron chi connectivity index (χ4n) is 1.82. The second kappa shape index (κ2) is 2.57. The molecule has 1 heterocycles. The SMILES string of the molecule is NC1=C(Br)C(=O)C12CCOCC2. The molecule has 0 aromatic carbocycles. The molecule has 1 aliphatic heterocycles. The van der Waals surface area contributed by atoms with Crippen molar-refractivity contribution in [2.75, 3.05) is 13.2 Å². The van der Waals surface area contributed by atoms with Gasteiger partial charge in [-0.05, 0) is 28.8 Å². The minimum atomic E-state index is -0.364. The first kappa shape index (κ1) is 8.26. The third kappa shape index (κ3) is 0.821. The van der Waals surface area contributed by atoms with E-state index >= 15 is 0 Å². The van der Waals surface area contributed by atoms with E-state index in [2.05, 4.69) is 15.9 Å². The lowest BCUT2D eigenvalue weighted by Crippen LogP contribution is -2.49. The number of hydrogen-bond donors (Lipinski definition) is 1. The lowest BCUT2D eigenvalue weighted by molar-refractivity contribution is -0.130. The van der Waals surface area contributed by atoms with Gasteiger partial charge in [0, 0.05) is 18.9 Å². The Labute approximate surface area is 79.1 Å². The number of halogens is 1. The van der Waals surface area contributed by atoms with Crippen LogP contribution in [0.15, 0.2) is 10.2 Å². The van der Waals surface area contributed by atoms with Crippen molar-refractivity contribution in [3.05, 3.63) is 10.2 Å². The molecule has 1 fully saturated rings. The van der Waals surface area contributed by atoms with Gasteiger partial charge in [0.05, 0.1) is 9.90 Å². The number of nitrogens with two attached hydrogens (primary N) is 1. The summed E-state index contributed by atoms with van der Waals surface area (Å²) in [6.07, 6.45) is 1.49. The summed E-state index contributed by atoms with van der Waals surface area (Å²) in [5.41, 5.74) is 6.13. The van der Waals surface area contributed by atoms with Crippen LogP contribution in [0, 0.1) is 5.41 Å². The van der Waals surface area contributed by atoms with Crippen LogP contribution in [0.3, 0.4) is 0 Å². The predicted molar refractivity (Wildman–Crippen MR) is 47.6 cm³/mol. The number of ketones is 1. The number of allylic oxidation sites excluding steroid dienone is 2. The van der Waals surface area contributed by atoms with E-state index < -0.39 is 0 Å². The van der Waals surface area contributed by atoms with Crippen LogP contribution in [-0.2, 0) is 9.53 Å². The molecule has 0 radical (unpaired) electrons. The lowest BCUT2D eigenvalue weighted by Gasteiger charge is -2.42. The van der Waals surface area contributed by atoms with Crippen LogP contribution in [0.1, 0.15) is 12.8 Å². The molecular formula is C8H10BrNO2. The van der Waals surface area contributed by atoms with E-state index in [0.717, 1.165) is 18.5 Å². The van der Waals surface area contributed by atoms with Crippen LogP contribution in [0.2, 0.25) is 0 Å². The van der Waals surface area contributed by atoms with Crippen LogP contribution in [0.25, 0.3) is 0 Å². The van der Waals surface area contributed by atoms with Gasteiger partial charge in [-0.1, -0.05) is 0 Å². The summed E-state index contributed by atoms with van der Waals surface area (Å²) in [5, 5.41) is 0. The van der Waals surface area contributed by atoms with Crippen molar-refractivity contribution in [1.29, 1.82) is 0 Å². The molecule has 12 heavy (non-hydrogen) atoms. The minimum Gasteiger partial charge on any atom is -0.400 e. The molecule has 66 valence electrons. The largest absolute Gasteiger partial charge is 0.400 e. The molecule has 3 nitrogen and oxygen atoms in total. The van der Waals surface area contributed by atoms with Gasteiger partial charge in [-0.3, -0.25) is 4.79 Å². The Morgan fingerprint density at radius 2 is 2.00 bits per heavy atom. The Kier molecular flexibility index (Phi) is 1.77. The maximum absolute atomic E-state index is 11.5. The Hall–Kier alpha value is -0.350. The van der Waals surface area contributed by atoms with Gasteiger partial charge in [0.25, 0.3) is 0 Å². The molecule has 2 rings (SSSR count). The fourth-order valence-corrected chi connectivity index (χ4v) is 2.58. The lowest BCUT2D eigenvalue weighted by atomic mass is 9.66. The van der Waals surface area contributed by atoms with E-state index in [0.29, 0.717) is 17.7 Å². The molecule has 1 saturated heterocycles. The predicted octanol–water partition coefficient (Wildman–Crippen LogP) is 0.931. The summed E-state index contributed by atoms with van der Waals surface area (Å²) in [6, 6.07) is 0. The second-order valence-electron chi connectivity index (χ2n) is 3.25. The molecule has 4 heteroatoms. The average molecular weight is 232 g/mol. The molecular weight excluding hydrogens is 222 g/mol. The normalized spacial score (nSPS) is 27.6. The fraction of sp³-hybridized carbons (Fsp3) is 0.625. The van der Waals surface area contributed by atoms with Crippen molar-refractivity contribution in [2.24, 2.45) is 11.1 Å². The zero-order chi connectivity index (χ0) is 8.77. The van der Waals surface area contributed by atoms with Crippen LogP contribution < -0.4 is 5.73 Å². The van der Waals surface area contributed by atoms with Gasteiger partial charge < -0.3 is 10.5 Å². The Morgan fingerprint density at radius 3 is 2.50 bits per heavy atom. The van der Waals surface area contributed by atoms with Crippen molar-refractivity contribution in [3.8, 4) is 0 Å². The third-order valence-corrected chi connectivity index (χ3v) is 3.52. The van der Waals surface area contributed by atoms with Crippen molar-refractivity contribution >= 4 is 21.7 Å². The molecule has 0 unspecified atom stereocenters. The Balaban J connectivity index is 2.29. The zero-order valence-corrected chi connectivity index (χ0v) is 8.19. The standard InChI is InChI=1S/C8H10BrNO2/c9-5-6(10)8(7(5)11)1-3-12-4-2-8/h1-4,10H2. The van der Waals surface area contributed by atoms with E-state index in [1.54, 1.807) is 0 Å². The second-order valence-corrected chi connectivity index (χ2v) is 4.04. The van der Waals surface area contributed by atoms with Crippen LogP contribution in [0.5, 0.6) is 0 Å². The number of Topliss-reactive ketones (excluding diaryl/α,β-unsaturated/α-hetero) is 1. The number of hydrogen-bond acceptors (Lipinski definition) is 3. The van der Waals surface area contributed by atoms with E-state index in [9.17, 15) is 4.79 Å². The number of carbonyl (C=O) groups is 1. The summed E-state index contributed by atoms with van der Waals surface area (Å²) >= 11 is 3.17. The smallest absolute Gasteiger partial charge is 0.183 e. The topological polar surface area (TPSA) is 52.3 Å². The van der Waals surface area contributed by atoms with Crippen LogP contribution in [0.4, 0.5) is 0 Å². The average Bonchev–Trinajstić information content (AvgIpc) is 2.16. The molecule has 2 aliphatic rings. The highest BCUT2D eigenvalue weighted by Crippen LogP contribution is 2.49. The molecule has 1 spiro atoms. The molecule has 0 bridgehead atoms. The Bertz CT molecular complexity index is 266. The molecule has 0 aromatic rings. The molecule has 0 atom stereocenters. The van der Waals surface area contributed by atoms with Gasteiger partial charge in [-0.25, -0.2) is 0 Å². The van der Waals surface area contributed by atoms with Crippen molar-refractivity contribution in [1.82, 2.24) is 0 Å². The van der Waals surface area contributed by atoms with Gasteiger partial charge >= 0.3 is 0 Å². The molecule has 0 aromatic heterocycles. The van der Waals surface area contributed by atoms with E-state index in [1.165, 1.54) is 0 Å². The summed E-state index contributed by atoms with van der Waals surface area (Å²) < 4.78 is 5.76. The highest BCUT2D eigenvalue weighted by Gasteiger charge is 2.52. The highest BCUT2D eigenvalue weighted by molar-refractivity contribution is 9.12. The maximum Gasteiger partial charge on any atom is 0.183 e. The molecule has 1 aliphatic carbocycles. The Morgan fingerprint density at radius 1 is 1.42 bits per heavy atom. The maximum atomic E-state index is 11.5. The number of rotatable bonds is 0. The van der Waals surface area contributed by atoms with E-state index in [4.69, 9.17) is 10.5 Å². The summed E-state index contributed by atoms with van der Waals surface area (Å²) in [7, 11) is 0. The quantitative estimate of drug-likeness (QED) is 0.675. The van der Waals surface area contributed by atoms with E-state index in [-0.39, 0.29) is 11.2 Å². The first-order valence-corrected chi connectivity index (χ1v) is 4.76. The molecule has 2 N–H and O–H groups in total. The van der Waals surface area contributed by atoms with Crippen molar-refractivity contribution in [2.45, 2.75) is 12.8 Å². The van der Waals surface area contributed by atoms with E-state index in [1.807, 2.05) is 0 Å².